The SMILES string of the molecule is CCOc1cc(C=C2C(=O)OC(C)(C)OC2=O)c(Br)cc1OCC(=O)Nc1ccccc1. The number of rotatable bonds is 7. The van der Waals surface area contributed by atoms with Gasteiger partial charge in [-0.2, -0.15) is 0 Å². The molecule has 2 aromatic carbocycles. The molecule has 1 heterocycles. The first kappa shape index (κ1) is 23.3. The number of carbonyl (C=O) groups is 3. The van der Waals surface area contributed by atoms with E-state index in [1.807, 2.05) is 18.2 Å². The van der Waals surface area contributed by atoms with E-state index >= 15 is 0 Å². The molecule has 0 bridgehead atoms. The van der Waals surface area contributed by atoms with Crippen molar-refractivity contribution in [1.29, 1.82) is 0 Å². The lowest BCUT2D eigenvalue weighted by molar-refractivity contribution is -0.222. The summed E-state index contributed by atoms with van der Waals surface area (Å²) in [5.74, 6) is -2.57. The largest absolute Gasteiger partial charge is 0.490 e. The maximum absolute atomic E-state index is 12.2. The van der Waals surface area contributed by atoms with Crippen molar-refractivity contribution in [3.63, 3.8) is 0 Å². The number of halogens is 1. The van der Waals surface area contributed by atoms with Crippen molar-refractivity contribution in [2.24, 2.45) is 0 Å². The topological polar surface area (TPSA) is 100 Å². The van der Waals surface area contributed by atoms with E-state index in [-0.39, 0.29) is 18.1 Å². The Bertz CT molecular complexity index is 1040. The van der Waals surface area contributed by atoms with Crippen molar-refractivity contribution in [3.8, 4) is 11.5 Å². The first-order chi connectivity index (χ1) is 15.2. The summed E-state index contributed by atoms with van der Waals surface area (Å²) < 4.78 is 22.0. The van der Waals surface area contributed by atoms with Crippen LogP contribution in [0, 0.1) is 0 Å². The molecule has 0 atom stereocenters. The van der Waals surface area contributed by atoms with Gasteiger partial charge in [-0.1, -0.05) is 34.1 Å². The number of para-hydroxylation sites is 1. The van der Waals surface area contributed by atoms with Gasteiger partial charge in [0.25, 0.3) is 11.7 Å². The number of nitrogens with one attached hydrogen (secondary N) is 1. The molecule has 0 spiro atoms. The lowest BCUT2D eigenvalue weighted by atomic mass is 10.1. The van der Waals surface area contributed by atoms with Crippen LogP contribution in [-0.4, -0.2) is 36.8 Å². The number of ether oxygens (including phenoxy) is 4. The molecule has 0 saturated carbocycles. The minimum absolute atomic E-state index is 0.240. The van der Waals surface area contributed by atoms with Crippen LogP contribution in [0.4, 0.5) is 5.69 Å². The fourth-order valence-corrected chi connectivity index (χ4v) is 3.28. The Morgan fingerprint density at radius 3 is 2.31 bits per heavy atom. The third kappa shape index (κ3) is 5.88. The van der Waals surface area contributed by atoms with E-state index in [2.05, 4.69) is 21.2 Å². The van der Waals surface area contributed by atoms with E-state index in [0.29, 0.717) is 33.8 Å². The van der Waals surface area contributed by atoms with E-state index in [1.54, 1.807) is 31.2 Å². The van der Waals surface area contributed by atoms with Crippen LogP contribution in [0.15, 0.2) is 52.5 Å². The predicted octanol–water partition coefficient (Wildman–Crippen LogP) is 4.08. The highest BCUT2D eigenvalue weighted by Crippen LogP contribution is 2.36. The Kier molecular flexibility index (Phi) is 7.19. The molecule has 2 aromatic rings. The number of benzene rings is 2. The molecular weight excluding hydrogens is 482 g/mol. The number of cyclic esters (lactones) is 2. The summed E-state index contributed by atoms with van der Waals surface area (Å²) in [7, 11) is 0. The highest BCUT2D eigenvalue weighted by molar-refractivity contribution is 9.10. The maximum Gasteiger partial charge on any atom is 0.348 e. The number of amides is 1. The summed E-state index contributed by atoms with van der Waals surface area (Å²) in [6.45, 7) is 4.84. The minimum atomic E-state index is -1.32. The monoisotopic (exact) mass is 503 g/mol. The second-order valence-electron chi connectivity index (χ2n) is 7.19. The Balaban J connectivity index is 1.79. The fourth-order valence-electron chi connectivity index (χ4n) is 2.84. The molecule has 32 heavy (non-hydrogen) atoms. The molecule has 8 nitrogen and oxygen atoms in total. The van der Waals surface area contributed by atoms with Gasteiger partial charge in [-0.3, -0.25) is 4.79 Å². The molecule has 9 heteroatoms. The third-order valence-corrected chi connectivity index (χ3v) is 4.88. The summed E-state index contributed by atoms with van der Waals surface area (Å²) in [4.78, 5) is 36.7. The normalized spacial score (nSPS) is 14.8. The maximum atomic E-state index is 12.2. The van der Waals surface area contributed by atoms with Gasteiger partial charge in [0.1, 0.15) is 5.57 Å². The first-order valence-electron chi connectivity index (χ1n) is 9.81. The van der Waals surface area contributed by atoms with Crippen molar-refractivity contribution in [2.75, 3.05) is 18.5 Å². The van der Waals surface area contributed by atoms with Gasteiger partial charge in [-0.25, -0.2) is 9.59 Å². The van der Waals surface area contributed by atoms with Crippen LogP contribution in [0.25, 0.3) is 6.08 Å². The molecule has 1 amide bonds. The van der Waals surface area contributed by atoms with Crippen molar-refractivity contribution in [2.45, 2.75) is 26.6 Å². The van der Waals surface area contributed by atoms with Crippen LogP contribution in [0.3, 0.4) is 0 Å². The van der Waals surface area contributed by atoms with Gasteiger partial charge < -0.3 is 24.3 Å². The van der Waals surface area contributed by atoms with Crippen molar-refractivity contribution < 1.29 is 33.3 Å². The summed E-state index contributed by atoms with van der Waals surface area (Å²) in [6, 6.07) is 12.2. The number of carbonyl (C=O) groups excluding carboxylic acids is 3. The molecule has 1 fully saturated rings. The van der Waals surface area contributed by atoms with E-state index in [0.717, 1.165) is 0 Å². The molecule has 1 N–H and O–H groups in total. The smallest absolute Gasteiger partial charge is 0.348 e. The zero-order valence-electron chi connectivity index (χ0n) is 17.8. The first-order valence-corrected chi connectivity index (χ1v) is 10.6. The van der Waals surface area contributed by atoms with Crippen LogP contribution in [0.2, 0.25) is 0 Å². The molecule has 0 radical (unpaired) electrons. The van der Waals surface area contributed by atoms with E-state index in [1.165, 1.54) is 19.9 Å². The number of hydrogen-bond acceptors (Lipinski definition) is 7. The Hall–Kier alpha value is -3.33. The zero-order chi connectivity index (χ0) is 23.3. The van der Waals surface area contributed by atoms with Crippen LogP contribution in [0.1, 0.15) is 26.3 Å². The van der Waals surface area contributed by atoms with Gasteiger partial charge in [0.05, 0.1) is 6.61 Å². The molecule has 3 rings (SSSR count). The second-order valence-corrected chi connectivity index (χ2v) is 8.05. The van der Waals surface area contributed by atoms with Gasteiger partial charge in [0, 0.05) is 24.0 Å². The average Bonchev–Trinajstić information content (AvgIpc) is 2.71. The summed E-state index contributed by atoms with van der Waals surface area (Å²) in [5, 5.41) is 2.73. The third-order valence-electron chi connectivity index (χ3n) is 4.20. The molecule has 1 saturated heterocycles. The fraction of sp³-hybridized carbons (Fsp3) is 0.261. The van der Waals surface area contributed by atoms with Crippen molar-refractivity contribution in [1.82, 2.24) is 0 Å². The quantitative estimate of drug-likeness (QED) is 0.345. The highest BCUT2D eigenvalue weighted by Gasteiger charge is 2.39. The summed E-state index contributed by atoms with van der Waals surface area (Å²) >= 11 is 3.40. The summed E-state index contributed by atoms with van der Waals surface area (Å²) in [5.41, 5.74) is 0.880. The van der Waals surface area contributed by atoms with Crippen LogP contribution in [0.5, 0.6) is 11.5 Å². The lowest BCUT2D eigenvalue weighted by Crippen LogP contribution is -2.41. The number of anilines is 1. The Morgan fingerprint density at radius 1 is 1.06 bits per heavy atom. The molecular formula is C23H22BrNO7. The van der Waals surface area contributed by atoms with E-state index in [9.17, 15) is 14.4 Å². The number of esters is 2. The Morgan fingerprint density at radius 2 is 1.69 bits per heavy atom. The van der Waals surface area contributed by atoms with Crippen LogP contribution < -0.4 is 14.8 Å². The van der Waals surface area contributed by atoms with Gasteiger partial charge in [-0.15, -0.1) is 0 Å². The number of hydrogen-bond donors (Lipinski definition) is 1. The minimum Gasteiger partial charge on any atom is -0.490 e. The average molecular weight is 504 g/mol. The van der Waals surface area contributed by atoms with Gasteiger partial charge in [0.15, 0.2) is 18.1 Å². The lowest BCUT2D eigenvalue weighted by Gasteiger charge is -2.29. The predicted molar refractivity (Wildman–Crippen MR) is 120 cm³/mol. The molecule has 0 aliphatic carbocycles. The standard InChI is InChI=1S/C23H22BrNO7/c1-4-29-18-11-14(10-16-21(27)31-23(2,3)32-22(16)28)17(24)12-19(18)30-13-20(26)25-15-8-6-5-7-9-15/h5-12H,4,13H2,1-3H3,(H,25,26). The van der Waals surface area contributed by atoms with Crippen LogP contribution >= 0.6 is 15.9 Å². The molecule has 168 valence electrons. The van der Waals surface area contributed by atoms with Gasteiger partial charge in [-0.05, 0) is 42.8 Å². The van der Waals surface area contributed by atoms with Gasteiger partial charge in [0.2, 0.25) is 0 Å². The second kappa shape index (κ2) is 9.86. The van der Waals surface area contributed by atoms with Gasteiger partial charge >= 0.3 is 11.9 Å². The molecule has 0 unspecified atom stereocenters. The van der Waals surface area contributed by atoms with Crippen molar-refractivity contribution >= 4 is 45.5 Å². The molecule has 0 aromatic heterocycles. The van der Waals surface area contributed by atoms with Crippen LogP contribution in [-0.2, 0) is 23.9 Å². The zero-order valence-corrected chi connectivity index (χ0v) is 19.4. The van der Waals surface area contributed by atoms with E-state index in [4.69, 9.17) is 18.9 Å². The van der Waals surface area contributed by atoms with E-state index < -0.39 is 17.7 Å². The molecule has 1 aliphatic heterocycles. The molecule has 1 aliphatic rings. The van der Waals surface area contributed by atoms with Crippen molar-refractivity contribution in [3.05, 3.63) is 58.1 Å². The Labute approximate surface area is 193 Å². The summed E-state index contributed by atoms with van der Waals surface area (Å²) in [6.07, 6.45) is 1.35. The highest BCUT2D eigenvalue weighted by atomic mass is 79.9.